The van der Waals surface area contributed by atoms with Crippen molar-refractivity contribution in [3.63, 3.8) is 0 Å². The van der Waals surface area contributed by atoms with Crippen molar-refractivity contribution in [1.82, 2.24) is 0 Å². The molecule has 5 nitrogen and oxygen atoms in total. The maximum absolute atomic E-state index is 13.6. The number of carbonyl (C=O) groups is 2. The Morgan fingerprint density at radius 3 is 2.43 bits per heavy atom. The van der Waals surface area contributed by atoms with Crippen molar-refractivity contribution in [2.75, 3.05) is 17.7 Å². The van der Waals surface area contributed by atoms with Gasteiger partial charge in [0, 0.05) is 18.2 Å². The lowest BCUT2D eigenvalue weighted by molar-refractivity contribution is -0.114. The predicted molar refractivity (Wildman–Crippen MR) is 86.7 cm³/mol. The zero-order valence-corrected chi connectivity index (χ0v) is 13.2. The Balaban J connectivity index is 2.15. The van der Waals surface area contributed by atoms with Crippen molar-refractivity contribution in [1.29, 1.82) is 0 Å². The third-order valence-electron chi connectivity index (χ3n) is 2.95. The van der Waals surface area contributed by atoms with E-state index in [1.165, 1.54) is 32.2 Å². The molecule has 0 spiro atoms. The molecule has 0 aliphatic heterocycles. The standard InChI is InChI=1S/C16H14ClFN2O3/c1-9(21)19-14-5-4-11(8-12(14)17)20-16(22)10-3-6-15(23-2)13(18)7-10/h3-8H,1-2H3,(H,19,21)(H,20,22). The molecular formula is C16H14ClFN2O3. The molecule has 7 heteroatoms. The van der Waals surface area contributed by atoms with Gasteiger partial charge < -0.3 is 15.4 Å². The van der Waals surface area contributed by atoms with Gasteiger partial charge in [-0.1, -0.05) is 11.6 Å². The van der Waals surface area contributed by atoms with Crippen LogP contribution in [0.4, 0.5) is 15.8 Å². The van der Waals surface area contributed by atoms with Crippen LogP contribution in [0.5, 0.6) is 5.75 Å². The second-order valence-corrected chi connectivity index (χ2v) is 5.09. The minimum absolute atomic E-state index is 0.0595. The van der Waals surface area contributed by atoms with Crippen LogP contribution in [0, 0.1) is 5.82 Å². The first-order chi connectivity index (χ1) is 10.9. The van der Waals surface area contributed by atoms with Gasteiger partial charge in [-0.3, -0.25) is 9.59 Å². The van der Waals surface area contributed by atoms with E-state index >= 15 is 0 Å². The molecule has 0 saturated carbocycles. The molecule has 2 N–H and O–H groups in total. The maximum Gasteiger partial charge on any atom is 0.255 e. The zero-order chi connectivity index (χ0) is 17.0. The lowest BCUT2D eigenvalue weighted by Gasteiger charge is -2.10. The van der Waals surface area contributed by atoms with E-state index in [2.05, 4.69) is 10.6 Å². The van der Waals surface area contributed by atoms with Gasteiger partial charge in [-0.25, -0.2) is 4.39 Å². The monoisotopic (exact) mass is 336 g/mol. The van der Waals surface area contributed by atoms with Crippen LogP contribution in [-0.2, 0) is 4.79 Å². The highest BCUT2D eigenvalue weighted by atomic mass is 35.5. The number of anilines is 2. The Kier molecular flexibility index (Phi) is 5.18. The fourth-order valence-corrected chi connectivity index (χ4v) is 2.12. The molecule has 2 amide bonds. The lowest BCUT2D eigenvalue weighted by Crippen LogP contribution is -2.12. The molecule has 0 fully saturated rings. The Morgan fingerprint density at radius 1 is 1.13 bits per heavy atom. The minimum Gasteiger partial charge on any atom is -0.494 e. The average molecular weight is 337 g/mol. The van der Waals surface area contributed by atoms with Crippen LogP contribution in [0.1, 0.15) is 17.3 Å². The van der Waals surface area contributed by atoms with E-state index in [-0.39, 0.29) is 22.2 Å². The highest BCUT2D eigenvalue weighted by molar-refractivity contribution is 6.34. The first-order valence-corrected chi connectivity index (χ1v) is 7.00. The Bertz CT molecular complexity index is 765. The molecular weight excluding hydrogens is 323 g/mol. The van der Waals surface area contributed by atoms with Crippen molar-refractivity contribution in [3.05, 3.63) is 52.8 Å². The van der Waals surface area contributed by atoms with Gasteiger partial charge in [0.05, 0.1) is 17.8 Å². The molecule has 2 aromatic carbocycles. The van der Waals surface area contributed by atoms with Crippen molar-refractivity contribution >= 4 is 34.8 Å². The molecule has 0 unspecified atom stereocenters. The average Bonchev–Trinajstić information content (AvgIpc) is 2.49. The third kappa shape index (κ3) is 4.20. The van der Waals surface area contributed by atoms with Gasteiger partial charge >= 0.3 is 0 Å². The van der Waals surface area contributed by atoms with E-state index in [0.717, 1.165) is 6.07 Å². The highest BCUT2D eigenvalue weighted by Crippen LogP contribution is 2.26. The van der Waals surface area contributed by atoms with Crippen molar-refractivity contribution in [2.24, 2.45) is 0 Å². The predicted octanol–water partition coefficient (Wildman–Crippen LogP) is 3.70. The zero-order valence-electron chi connectivity index (χ0n) is 12.4. The summed E-state index contributed by atoms with van der Waals surface area (Å²) in [4.78, 5) is 23.1. The van der Waals surface area contributed by atoms with Crippen LogP contribution >= 0.6 is 11.6 Å². The maximum atomic E-state index is 13.6. The quantitative estimate of drug-likeness (QED) is 0.894. The van der Waals surface area contributed by atoms with Crippen LogP contribution < -0.4 is 15.4 Å². The van der Waals surface area contributed by atoms with Gasteiger partial charge in [0.15, 0.2) is 11.6 Å². The number of amides is 2. The molecule has 0 heterocycles. The summed E-state index contributed by atoms with van der Waals surface area (Å²) in [5.41, 5.74) is 1.00. The van der Waals surface area contributed by atoms with E-state index in [4.69, 9.17) is 16.3 Å². The SMILES string of the molecule is COc1ccc(C(=O)Nc2ccc(NC(C)=O)c(Cl)c2)cc1F. The van der Waals surface area contributed by atoms with E-state index in [0.29, 0.717) is 11.4 Å². The van der Waals surface area contributed by atoms with Gasteiger partial charge in [-0.2, -0.15) is 0 Å². The second kappa shape index (κ2) is 7.11. The number of ether oxygens (including phenoxy) is 1. The van der Waals surface area contributed by atoms with E-state index < -0.39 is 11.7 Å². The van der Waals surface area contributed by atoms with Crippen molar-refractivity contribution in [3.8, 4) is 5.75 Å². The second-order valence-electron chi connectivity index (χ2n) is 4.68. The number of carbonyl (C=O) groups excluding carboxylic acids is 2. The number of nitrogens with one attached hydrogen (secondary N) is 2. The van der Waals surface area contributed by atoms with Crippen LogP contribution in [0.3, 0.4) is 0 Å². The molecule has 2 aromatic rings. The van der Waals surface area contributed by atoms with Gasteiger partial charge in [0.25, 0.3) is 5.91 Å². The largest absolute Gasteiger partial charge is 0.494 e. The molecule has 0 radical (unpaired) electrons. The third-order valence-corrected chi connectivity index (χ3v) is 3.26. The molecule has 23 heavy (non-hydrogen) atoms. The summed E-state index contributed by atoms with van der Waals surface area (Å²) in [6, 6.07) is 8.54. The first-order valence-electron chi connectivity index (χ1n) is 6.62. The normalized spacial score (nSPS) is 10.1. The molecule has 0 bridgehead atoms. The number of halogens is 2. The minimum atomic E-state index is -0.626. The van der Waals surface area contributed by atoms with E-state index in [1.54, 1.807) is 12.1 Å². The summed E-state index contributed by atoms with van der Waals surface area (Å²) in [6.07, 6.45) is 0. The molecule has 120 valence electrons. The summed E-state index contributed by atoms with van der Waals surface area (Å²) < 4.78 is 18.4. The van der Waals surface area contributed by atoms with Crippen molar-refractivity contribution < 1.29 is 18.7 Å². The lowest BCUT2D eigenvalue weighted by atomic mass is 10.2. The summed E-state index contributed by atoms with van der Waals surface area (Å²) in [6.45, 7) is 1.37. The summed E-state index contributed by atoms with van der Waals surface area (Å²) in [7, 11) is 1.34. The van der Waals surface area contributed by atoms with Crippen LogP contribution in [-0.4, -0.2) is 18.9 Å². The number of methoxy groups -OCH3 is 1. The van der Waals surface area contributed by atoms with Gasteiger partial charge in [0.2, 0.25) is 5.91 Å². The van der Waals surface area contributed by atoms with Crippen LogP contribution in [0.2, 0.25) is 5.02 Å². The fourth-order valence-electron chi connectivity index (χ4n) is 1.89. The van der Waals surface area contributed by atoms with Crippen molar-refractivity contribution in [2.45, 2.75) is 6.92 Å². The molecule has 0 saturated heterocycles. The number of hydrogen-bond donors (Lipinski definition) is 2. The van der Waals surface area contributed by atoms with Gasteiger partial charge in [-0.15, -0.1) is 0 Å². The summed E-state index contributed by atoms with van der Waals surface area (Å²) in [5, 5.41) is 5.44. The summed E-state index contributed by atoms with van der Waals surface area (Å²) >= 11 is 6.03. The topological polar surface area (TPSA) is 67.4 Å². The smallest absolute Gasteiger partial charge is 0.255 e. The van der Waals surface area contributed by atoms with Gasteiger partial charge in [0.1, 0.15) is 0 Å². The number of hydrogen-bond acceptors (Lipinski definition) is 3. The summed E-state index contributed by atoms with van der Waals surface area (Å²) in [5.74, 6) is -1.31. The van der Waals surface area contributed by atoms with E-state index in [9.17, 15) is 14.0 Å². The Hall–Kier alpha value is -2.60. The van der Waals surface area contributed by atoms with Gasteiger partial charge in [-0.05, 0) is 36.4 Å². The molecule has 0 atom stereocenters. The van der Waals surface area contributed by atoms with E-state index in [1.807, 2.05) is 0 Å². The molecule has 0 aliphatic rings. The highest BCUT2D eigenvalue weighted by Gasteiger charge is 2.11. The fraction of sp³-hybridized carbons (Fsp3) is 0.125. The van der Waals surface area contributed by atoms with Crippen LogP contribution in [0.25, 0.3) is 0 Å². The molecule has 0 aromatic heterocycles. The number of benzene rings is 2. The Morgan fingerprint density at radius 2 is 1.87 bits per heavy atom. The molecule has 0 aliphatic carbocycles. The Labute approximate surface area is 137 Å². The first kappa shape index (κ1) is 16.8. The van der Waals surface area contributed by atoms with Crippen LogP contribution in [0.15, 0.2) is 36.4 Å². The molecule has 2 rings (SSSR count). The number of rotatable bonds is 4.